The van der Waals surface area contributed by atoms with E-state index in [2.05, 4.69) is 31.2 Å². The molecule has 0 aromatic heterocycles. The third-order valence-electron chi connectivity index (χ3n) is 4.72. The molecule has 3 rings (SSSR count). The molecule has 0 fully saturated rings. The average Bonchev–Trinajstić information content (AvgIpc) is 2.89. The van der Waals surface area contributed by atoms with Gasteiger partial charge >= 0.3 is 5.97 Å². The van der Waals surface area contributed by atoms with Crippen LogP contribution in [0.4, 0.5) is 0 Å². The number of carboxylic acid groups (broad SMARTS) is 1. The van der Waals surface area contributed by atoms with Crippen molar-refractivity contribution in [1.82, 2.24) is 0 Å². The largest absolute Gasteiger partial charge is 0.480 e. The second-order valence-corrected chi connectivity index (χ2v) is 6.28. The zero-order chi connectivity index (χ0) is 17.2. The molecule has 0 amide bonds. The third kappa shape index (κ3) is 2.72. The van der Waals surface area contributed by atoms with E-state index >= 15 is 0 Å². The number of unbranched alkanes of at least 4 members (excludes halogenated alkanes) is 1. The van der Waals surface area contributed by atoms with Crippen molar-refractivity contribution in [3.63, 3.8) is 0 Å². The van der Waals surface area contributed by atoms with E-state index in [0.717, 1.165) is 41.5 Å². The quantitative estimate of drug-likeness (QED) is 0.817. The second-order valence-electron chi connectivity index (χ2n) is 6.28. The maximum absolute atomic E-state index is 11.1. The van der Waals surface area contributed by atoms with Crippen LogP contribution in [-0.2, 0) is 15.1 Å². The minimum absolute atomic E-state index is 0.0122. The first kappa shape index (κ1) is 16.7. The summed E-state index contributed by atoms with van der Waals surface area (Å²) in [6, 6.07) is 15.4. The van der Waals surface area contributed by atoms with Gasteiger partial charge in [-0.3, -0.25) is 4.79 Å². The van der Waals surface area contributed by atoms with Crippen LogP contribution in [0.2, 0.25) is 0 Å². The smallest absolute Gasteiger partial charge is 0.322 e. The monoisotopic (exact) mass is 325 g/mol. The van der Waals surface area contributed by atoms with E-state index in [1.54, 1.807) is 0 Å². The van der Waals surface area contributed by atoms with E-state index in [-0.39, 0.29) is 6.61 Å². The fourth-order valence-electron chi connectivity index (χ4n) is 3.51. The number of nitrogens with two attached hydrogens (primary N) is 1. The molecule has 0 radical (unpaired) electrons. The maximum Gasteiger partial charge on any atom is 0.322 e. The summed E-state index contributed by atoms with van der Waals surface area (Å²) in [7, 11) is 0. The van der Waals surface area contributed by atoms with Crippen molar-refractivity contribution >= 4 is 5.97 Å². The maximum atomic E-state index is 11.1. The highest BCUT2D eigenvalue weighted by atomic mass is 16.5. The van der Waals surface area contributed by atoms with Crippen LogP contribution in [0.25, 0.3) is 11.1 Å². The molecule has 1 atom stereocenters. The third-order valence-corrected chi connectivity index (χ3v) is 4.72. The van der Waals surface area contributed by atoms with Gasteiger partial charge in [-0.1, -0.05) is 68.3 Å². The molecular formula is C20H23NO3. The topological polar surface area (TPSA) is 72.5 Å². The van der Waals surface area contributed by atoms with Gasteiger partial charge in [0.05, 0.1) is 6.61 Å². The fourth-order valence-corrected chi connectivity index (χ4v) is 3.51. The van der Waals surface area contributed by atoms with Crippen LogP contribution in [0.3, 0.4) is 0 Å². The van der Waals surface area contributed by atoms with Crippen LogP contribution < -0.4 is 5.73 Å². The molecule has 3 N–H and O–H groups in total. The van der Waals surface area contributed by atoms with Crippen LogP contribution in [0.1, 0.15) is 37.3 Å². The molecule has 2 aromatic rings. The van der Waals surface area contributed by atoms with E-state index in [9.17, 15) is 4.79 Å². The number of carboxylic acids is 1. The molecule has 1 aliphatic carbocycles. The molecule has 24 heavy (non-hydrogen) atoms. The second kappa shape index (κ2) is 6.75. The predicted octanol–water partition coefficient (Wildman–Crippen LogP) is 3.53. The minimum atomic E-state index is -1.04. The molecule has 0 spiro atoms. The summed E-state index contributed by atoms with van der Waals surface area (Å²) in [4.78, 5) is 11.1. The molecule has 0 unspecified atom stereocenters. The van der Waals surface area contributed by atoms with Crippen molar-refractivity contribution in [2.75, 3.05) is 6.61 Å². The standard InChI is InChI=1S/C20H23NO3/c1-2-3-12-20(24-13-18(21)19(22)23)16-10-6-4-8-14(16)15-9-5-7-11-17(15)20/h4-11,18H,2-3,12-13,21H2,1H3,(H,22,23)/t18-/m0/s1. The van der Waals surface area contributed by atoms with E-state index < -0.39 is 17.6 Å². The Morgan fingerprint density at radius 2 is 1.67 bits per heavy atom. The molecule has 4 nitrogen and oxygen atoms in total. The molecule has 0 bridgehead atoms. The lowest BCUT2D eigenvalue weighted by Gasteiger charge is -2.33. The molecule has 126 valence electrons. The Kier molecular flexibility index (Phi) is 4.69. The lowest BCUT2D eigenvalue weighted by Crippen LogP contribution is -2.40. The number of aliphatic carboxylic acids is 1. The number of carbonyl (C=O) groups is 1. The molecular weight excluding hydrogens is 302 g/mol. The van der Waals surface area contributed by atoms with Gasteiger partial charge in [-0.05, 0) is 28.7 Å². The van der Waals surface area contributed by atoms with Crippen molar-refractivity contribution in [2.24, 2.45) is 5.73 Å². The fraction of sp³-hybridized carbons (Fsp3) is 0.350. The van der Waals surface area contributed by atoms with Gasteiger partial charge in [0.25, 0.3) is 0 Å². The predicted molar refractivity (Wildman–Crippen MR) is 93.7 cm³/mol. The summed E-state index contributed by atoms with van der Waals surface area (Å²) in [6.07, 6.45) is 2.84. The number of ether oxygens (including phenoxy) is 1. The number of hydrogen-bond donors (Lipinski definition) is 2. The van der Waals surface area contributed by atoms with Gasteiger partial charge in [0.15, 0.2) is 0 Å². The first-order chi connectivity index (χ1) is 11.6. The number of benzene rings is 2. The van der Waals surface area contributed by atoms with Gasteiger partial charge in [0.1, 0.15) is 11.6 Å². The molecule has 1 aliphatic rings. The molecule has 2 aromatic carbocycles. The van der Waals surface area contributed by atoms with Crippen molar-refractivity contribution < 1.29 is 14.6 Å². The Balaban J connectivity index is 2.08. The van der Waals surface area contributed by atoms with Gasteiger partial charge in [0, 0.05) is 0 Å². The van der Waals surface area contributed by atoms with Gasteiger partial charge < -0.3 is 15.6 Å². The molecule has 4 heteroatoms. The highest BCUT2D eigenvalue weighted by molar-refractivity contribution is 5.80. The van der Waals surface area contributed by atoms with Gasteiger partial charge in [0.2, 0.25) is 0 Å². The summed E-state index contributed by atoms with van der Waals surface area (Å²) in [5.74, 6) is -1.04. The van der Waals surface area contributed by atoms with Crippen molar-refractivity contribution in [3.05, 3.63) is 59.7 Å². The highest BCUT2D eigenvalue weighted by Crippen LogP contribution is 2.52. The van der Waals surface area contributed by atoms with E-state index in [4.69, 9.17) is 15.6 Å². The summed E-state index contributed by atoms with van der Waals surface area (Å²) in [5, 5.41) is 9.10. The summed E-state index contributed by atoms with van der Waals surface area (Å²) >= 11 is 0. The lowest BCUT2D eigenvalue weighted by atomic mass is 9.86. The zero-order valence-corrected chi connectivity index (χ0v) is 13.9. The summed E-state index contributed by atoms with van der Waals surface area (Å²) in [5.41, 5.74) is 9.62. The van der Waals surface area contributed by atoms with E-state index in [1.165, 1.54) is 0 Å². The van der Waals surface area contributed by atoms with Gasteiger partial charge in [-0.25, -0.2) is 0 Å². The van der Waals surface area contributed by atoms with Gasteiger partial charge in [-0.15, -0.1) is 0 Å². The molecule has 0 aliphatic heterocycles. The first-order valence-electron chi connectivity index (χ1n) is 8.42. The van der Waals surface area contributed by atoms with Crippen LogP contribution in [0.15, 0.2) is 48.5 Å². The molecule has 0 saturated carbocycles. The number of fused-ring (bicyclic) bond motifs is 3. The van der Waals surface area contributed by atoms with Gasteiger partial charge in [-0.2, -0.15) is 0 Å². The summed E-state index contributed by atoms with van der Waals surface area (Å²) in [6.45, 7) is 2.13. The Hall–Kier alpha value is -2.17. The first-order valence-corrected chi connectivity index (χ1v) is 8.42. The molecule has 0 heterocycles. The van der Waals surface area contributed by atoms with Crippen LogP contribution in [-0.4, -0.2) is 23.7 Å². The van der Waals surface area contributed by atoms with Crippen LogP contribution in [0.5, 0.6) is 0 Å². The van der Waals surface area contributed by atoms with E-state index in [0.29, 0.717) is 0 Å². The van der Waals surface area contributed by atoms with Crippen molar-refractivity contribution in [1.29, 1.82) is 0 Å². The van der Waals surface area contributed by atoms with Crippen LogP contribution >= 0.6 is 0 Å². The lowest BCUT2D eigenvalue weighted by molar-refractivity contribution is -0.141. The highest BCUT2D eigenvalue weighted by Gasteiger charge is 2.43. The Bertz CT molecular complexity index is 696. The Morgan fingerprint density at radius 1 is 1.12 bits per heavy atom. The normalized spacial score (nSPS) is 15.6. The number of rotatable bonds is 7. The Labute approximate surface area is 142 Å². The zero-order valence-electron chi connectivity index (χ0n) is 13.9. The van der Waals surface area contributed by atoms with Crippen molar-refractivity contribution in [3.8, 4) is 11.1 Å². The van der Waals surface area contributed by atoms with Crippen molar-refractivity contribution in [2.45, 2.75) is 37.8 Å². The van der Waals surface area contributed by atoms with E-state index in [1.807, 2.05) is 24.3 Å². The minimum Gasteiger partial charge on any atom is -0.480 e. The number of hydrogen-bond acceptors (Lipinski definition) is 3. The van der Waals surface area contributed by atoms with Crippen LogP contribution in [0, 0.1) is 0 Å². The average molecular weight is 325 g/mol. The summed E-state index contributed by atoms with van der Waals surface area (Å²) < 4.78 is 6.26. The Morgan fingerprint density at radius 3 is 2.17 bits per heavy atom. The SMILES string of the molecule is CCCCC1(OC[C@H](N)C(=O)O)c2ccccc2-c2ccccc21. The molecule has 0 saturated heterocycles.